The largest absolute Gasteiger partial charge is 0.450 e. The third-order valence-corrected chi connectivity index (χ3v) is 3.08. The molecule has 1 aromatic rings. The lowest BCUT2D eigenvalue weighted by Gasteiger charge is -2.19. The fourth-order valence-corrected chi connectivity index (χ4v) is 1.87. The fourth-order valence-electron chi connectivity index (χ4n) is 1.74. The van der Waals surface area contributed by atoms with E-state index in [1.807, 2.05) is 6.92 Å². The van der Waals surface area contributed by atoms with E-state index in [9.17, 15) is 14.4 Å². The average Bonchev–Trinajstić information content (AvgIpc) is 2.49. The van der Waals surface area contributed by atoms with Gasteiger partial charge in [-0.3, -0.25) is 19.8 Å². The molecular formula is C15H20ClN3O4. The van der Waals surface area contributed by atoms with Crippen molar-refractivity contribution in [2.45, 2.75) is 13.8 Å². The molecule has 1 aromatic carbocycles. The van der Waals surface area contributed by atoms with Gasteiger partial charge in [-0.15, -0.1) is 0 Å². The molecular weight excluding hydrogens is 322 g/mol. The highest BCUT2D eigenvalue weighted by Gasteiger charge is 2.15. The summed E-state index contributed by atoms with van der Waals surface area (Å²) in [5, 5.41) is 5.37. The van der Waals surface area contributed by atoms with Gasteiger partial charge in [-0.05, 0) is 37.7 Å². The van der Waals surface area contributed by atoms with Gasteiger partial charge in [-0.1, -0.05) is 18.5 Å². The van der Waals surface area contributed by atoms with Gasteiger partial charge in [0.15, 0.2) is 0 Å². The first-order valence-electron chi connectivity index (χ1n) is 7.19. The monoisotopic (exact) mass is 341 g/mol. The Kier molecular flexibility index (Phi) is 8.07. The van der Waals surface area contributed by atoms with Gasteiger partial charge in [0.2, 0.25) is 11.8 Å². The first-order chi connectivity index (χ1) is 10.9. The molecule has 0 saturated carbocycles. The third kappa shape index (κ3) is 7.62. The number of nitrogens with zero attached hydrogens (tertiary/aromatic N) is 1. The van der Waals surface area contributed by atoms with Gasteiger partial charge in [0.1, 0.15) is 0 Å². The van der Waals surface area contributed by atoms with Crippen molar-refractivity contribution < 1.29 is 19.1 Å². The number of rotatable bonds is 7. The minimum absolute atomic E-state index is 0.0232. The van der Waals surface area contributed by atoms with Gasteiger partial charge in [-0.25, -0.2) is 4.79 Å². The number of halogens is 1. The number of hydrogen-bond donors (Lipinski definition) is 2. The van der Waals surface area contributed by atoms with Crippen LogP contribution in [0.4, 0.5) is 10.5 Å². The van der Waals surface area contributed by atoms with Gasteiger partial charge in [0.25, 0.3) is 0 Å². The molecule has 0 aliphatic carbocycles. The van der Waals surface area contributed by atoms with Crippen LogP contribution in [0.15, 0.2) is 24.3 Å². The Balaban J connectivity index is 2.45. The standard InChI is InChI=1S/C15H20ClN3O4/c1-3-19(10-14(21)18-15(22)23-4-2)9-13(20)17-12-7-5-11(16)6-8-12/h5-8H,3-4,9-10H2,1-2H3,(H,17,20)(H,18,21,22). The number of likely N-dealkylation sites (N-methyl/N-ethyl adjacent to an activating group) is 1. The number of anilines is 1. The van der Waals surface area contributed by atoms with Crippen LogP contribution < -0.4 is 10.6 Å². The van der Waals surface area contributed by atoms with Crippen LogP contribution in [0, 0.1) is 0 Å². The van der Waals surface area contributed by atoms with Gasteiger partial charge in [0.05, 0.1) is 19.7 Å². The topological polar surface area (TPSA) is 87.7 Å². The van der Waals surface area contributed by atoms with E-state index in [1.165, 1.54) is 0 Å². The predicted molar refractivity (Wildman–Crippen MR) is 87.4 cm³/mol. The molecule has 0 fully saturated rings. The summed E-state index contributed by atoms with van der Waals surface area (Å²) >= 11 is 5.77. The van der Waals surface area contributed by atoms with Crippen molar-refractivity contribution in [1.82, 2.24) is 10.2 Å². The molecule has 0 radical (unpaired) electrons. The Morgan fingerprint density at radius 3 is 2.26 bits per heavy atom. The number of hydrogen-bond acceptors (Lipinski definition) is 5. The Bertz CT molecular complexity index is 548. The quantitative estimate of drug-likeness (QED) is 0.790. The van der Waals surface area contributed by atoms with Gasteiger partial charge >= 0.3 is 6.09 Å². The zero-order chi connectivity index (χ0) is 17.2. The third-order valence-electron chi connectivity index (χ3n) is 2.83. The molecule has 0 unspecified atom stereocenters. The van der Waals surface area contributed by atoms with E-state index in [0.29, 0.717) is 17.3 Å². The molecule has 3 amide bonds. The first kappa shape index (κ1) is 18.9. The molecule has 0 aliphatic rings. The van der Waals surface area contributed by atoms with Crippen molar-refractivity contribution in [3.63, 3.8) is 0 Å². The molecule has 0 heterocycles. The second kappa shape index (κ2) is 9.81. The molecule has 1 rings (SSSR count). The van der Waals surface area contributed by atoms with E-state index in [2.05, 4.69) is 15.4 Å². The van der Waals surface area contributed by atoms with Crippen LogP contribution in [0.3, 0.4) is 0 Å². The van der Waals surface area contributed by atoms with E-state index in [4.69, 9.17) is 11.6 Å². The minimum atomic E-state index is -0.792. The summed E-state index contributed by atoms with van der Waals surface area (Å²) in [5.41, 5.74) is 0.617. The maximum Gasteiger partial charge on any atom is 0.413 e. The van der Waals surface area contributed by atoms with E-state index in [1.54, 1.807) is 36.1 Å². The maximum absolute atomic E-state index is 12.0. The van der Waals surface area contributed by atoms with Crippen LogP contribution in [-0.4, -0.2) is 49.0 Å². The summed E-state index contributed by atoms with van der Waals surface area (Å²) in [7, 11) is 0. The number of nitrogens with one attached hydrogen (secondary N) is 2. The Hall–Kier alpha value is -2.12. The molecule has 0 atom stereocenters. The van der Waals surface area contributed by atoms with E-state index in [0.717, 1.165) is 0 Å². The molecule has 0 spiro atoms. The highest BCUT2D eigenvalue weighted by molar-refractivity contribution is 6.30. The summed E-state index contributed by atoms with van der Waals surface area (Å²) in [4.78, 5) is 36.4. The van der Waals surface area contributed by atoms with Gasteiger partial charge in [-0.2, -0.15) is 0 Å². The van der Waals surface area contributed by atoms with E-state index < -0.39 is 12.0 Å². The van der Waals surface area contributed by atoms with Crippen LogP contribution in [0.25, 0.3) is 0 Å². The molecule has 0 aliphatic heterocycles. The lowest BCUT2D eigenvalue weighted by Crippen LogP contribution is -2.43. The van der Waals surface area contributed by atoms with Crippen molar-refractivity contribution in [3.05, 3.63) is 29.3 Å². The summed E-state index contributed by atoms with van der Waals surface area (Å²) in [6.07, 6.45) is -0.792. The summed E-state index contributed by atoms with van der Waals surface area (Å²) in [6, 6.07) is 6.71. The SMILES string of the molecule is CCOC(=O)NC(=O)CN(CC)CC(=O)Nc1ccc(Cl)cc1. The highest BCUT2D eigenvalue weighted by atomic mass is 35.5. The Morgan fingerprint density at radius 1 is 1.09 bits per heavy atom. The number of ether oxygens (including phenoxy) is 1. The highest BCUT2D eigenvalue weighted by Crippen LogP contribution is 2.13. The zero-order valence-electron chi connectivity index (χ0n) is 13.1. The van der Waals surface area contributed by atoms with Crippen LogP contribution in [0.2, 0.25) is 5.02 Å². The minimum Gasteiger partial charge on any atom is -0.450 e. The maximum atomic E-state index is 12.0. The van der Waals surface area contributed by atoms with Crippen LogP contribution in [0.5, 0.6) is 0 Å². The van der Waals surface area contributed by atoms with E-state index in [-0.39, 0.29) is 25.6 Å². The van der Waals surface area contributed by atoms with Crippen LogP contribution >= 0.6 is 11.6 Å². The van der Waals surface area contributed by atoms with Crippen molar-refractivity contribution in [1.29, 1.82) is 0 Å². The Labute approximate surface area is 139 Å². The number of benzene rings is 1. The van der Waals surface area contributed by atoms with Gasteiger partial charge < -0.3 is 10.1 Å². The smallest absolute Gasteiger partial charge is 0.413 e. The molecule has 126 valence electrons. The molecule has 23 heavy (non-hydrogen) atoms. The first-order valence-corrected chi connectivity index (χ1v) is 7.56. The zero-order valence-corrected chi connectivity index (χ0v) is 13.9. The number of carbonyl (C=O) groups is 3. The molecule has 2 N–H and O–H groups in total. The lowest BCUT2D eigenvalue weighted by atomic mass is 10.3. The summed E-state index contributed by atoms with van der Waals surface area (Å²) in [5.74, 6) is -0.789. The normalized spacial score (nSPS) is 10.3. The molecule has 7 nitrogen and oxygen atoms in total. The van der Waals surface area contributed by atoms with E-state index >= 15 is 0 Å². The molecule has 8 heteroatoms. The average molecular weight is 342 g/mol. The van der Waals surface area contributed by atoms with Crippen LogP contribution in [-0.2, 0) is 14.3 Å². The summed E-state index contributed by atoms with van der Waals surface area (Å²) < 4.78 is 4.62. The molecule has 0 bridgehead atoms. The van der Waals surface area contributed by atoms with Crippen LogP contribution in [0.1, 0.15) is 13.8 Å². The summed E-state index contributed by atoms with van der Waals surface area (Å²) in [6.45, 7) is 4.06. The number of carbonyl (C=O) groups excluding carboxylic acids is 3. The van der Waals surface area contributed by atoms with Crippen molar-refractivity contribution in [3.8, 4) is 0 Å². The number of amides is 3. The van der Waals surface area contributed by atoms with Gasteiger partial charge in [0, 0.05) is 10.7 Å². The number of alkyl carbamates (subject to hydrolysis) is 1. The van der Waals surface area contributed by atoms with Crippen molar-refractivity contribution in [2.24, 2.45) is 0 Å². The second-order valence-electron chi connectivity index (χ2n) is 4.63. The lowest BCUT2D eigenvalue weighted by molar-refractivity contribution is -0.122. The van der Waals surface area contributed by atoms with Crippen molar-refractivity contribution >= 4 is 35.2 Å². The number of imide groups is 1. The fraction of sp³-hybridized carbons (Fsp3) is 0.400. The molecule has 0 aromatic heterocycles. The predicted octanol–water partition coefficient (Wildman–Crippen LogP) is 1.87. The van der Waals surface area contributed by atoms with Crippen molar-refractivity contribution in [2.75, 3.05) is 31.6 Å². The second-order valence-corrected chi connectivity index (χ2v) is 5.06. The Morgan fingerprint density at radius 2 is 1.70 bits per heavy atom. The molecule has 0 saturated heterocycles.